The number of piperazine rings is 1. The molecular formula is C14H24N6O. The highest BCUT2D eigenvalue weighted by molar-refractivity contribution is 5.52. The Hall–Kier alpha value is -1.89. The van der Waals surface area contributed by atoms with Gasteiger partial charge in [-0.3, -0.25) is 4.79 Å². The summed E-state index contributed by atoms with van der Waals surface area (Å²) in [7, 11) is 4.09. The third kappa shape index (κ3) is 4.56. The van der Waals surface area contributed by atoms with Crippen LogP contribution in [0.1, 0.15) is 5.82 Å². The highest BCUT2D eigenvalue weighted by Gasteiger charge is 2.17. The molecule has 2 rings (SSSR count). The minimum absolute atomic E-state index is 0.746. The second-order valence-corrected chi connectivity index (χ2v) is 5.52. The van der Waals surface area contributed by atoms with Crippen molar-refractivity contribution in [3.63, 3.8) is 0 Å². The summed E-state index contributed by atoms with van der Waals surface area (Å²) in [5, 5.41) is 3.33. The van der Waals surface area contributed by atoms with Crippen LogP contribution in [-0.4, -0.2) is 79.5 Å². The van der Waals surface area contributed by atoms with Gasteiger partial charge in [-0.2, -0.15) is 0 Å². The van der Waals surface area contributed by atoms with Crippen molar-refractivity contribution in [3.05, 3.63) is 11.9 Å². The first-order valence-electron chi connectivity index (χ1n) is 7.27. The number of nitrogens with zero attached hydrogens (tertiary/aromatic N) is 5. The number of carbonyl (C=O) groups excluding carboxylic acids is 1. The molecule has 0 atom stereocenters. The van der Waals surface area contributed by atoms with Crippen LogP contribution in [0, 0.1) is 6.92 Å². The fourth-order valence-electron chi connectivity index (χ4n) is 2.27. The van der Waals surface area contributed by atoms with Crippen LogP contribution in [0.2, 0.25) is 0 Å². The van der Waals surface area contributed by atoms with Crippen molar-refractivity contribution in [1.29, 1.82) is 0 Å². The Morgan fingerprint density at radius 2 is 2.00 bits per heavy atom. The van der Waals surface area contributed by atoms with Crippen LogP contribution in [-0.2, 0) is 4.79 Å². The molecule has 0 saturated carbocycles. The van der Waals surface area contributed by atoms with Crippen molar-refractivity contribution in [3.8, 4) is 0 Å². The van der Waals surface area contributed by atoms with E-state index in [1.165, 1.54) is 0 Å². The largest absolute Gasteiger partial charge is 0.369 e. The van der Waals surface area contributed by atoms with Crippen molar-refractivity contribution in [1.82, 2.24) is 19.8 Å². The van der Waals surface area contributed by atoms with Crippen LogP contribution >= 0.6 is 0 Å². The second-order valence-electron chi connectivity index (χ2n) is 5.52. The average molecular weight is 292 g/mol. The van der Waals surface area contributed by atoms with Gasteiger partial charge in [-0.1, -0.05) is 0 Å². The van der Waals surface area contributed by atoms with Gasteiger partial charge in [0.15, 0.2) is 0 Å². The molecule has 1 saturated heterocycles. The molecule has 1 aliphatic heterocycles. The maximum Gasteiger partial charge on any atom is 0.209 e. The Morgan fingerprint density at radius 1 is 1.29 bits per heavy atom. The number of hydrogen-bond donors (Lipinski definition) is 1. The average Bonchev–Trinajstić information content (AvgIpc) is 2.46. The molecule has 2 heterocycles. The quantitative estimate of drug-likeness (QED) is 0.747. The molecular weight excluding hydrogens is 268 g/mol. The molecule has 0 unspecified atom stereocenters. The molecule has 1 aromatic rings. The van der Waals surface area contributed by atoms with Gasteiger partial charge in [-0.05, 0) is 21.0 Å². The lowest BCUT2D eigenvalue weighted by Crippen LogP contribution is -2.46. The lowest BCUT2D eigenvalue weighted by molar-refractivity contribution is -0.118. The molecule has 0 aliphatic carbocycles. The topological polar surface area (TPSA) is 64.6 Å². The van der Waals surface area contributed by atoms with Gasteiger partial charge in [0.05, 0.1) is 0 Å². The van der Waals surface area contributed by atoms with Crippen LogP contribution in [0.15, 0.2) is 6.07 Å². The van der Waals surface area contributed by atoms with E-state index >= 15 is 0 Å². The fraction of sp³-hybridized carbons (Fsp3) is 0.643. The van der Waals surface area contributed by atoms with Crippen molar-refractivity contribution >= 4 is 18.0 Å². The molecule has 1 aliphatic rings. The lowest BCUT2D eigenvalue weighted by atomic mass is 10.3. The molecule has 7 nitrogen and oxygen atoms in total. The van der Waals surface area contributed by atoms with Crippen LogP contribution in [0.25, 0.3) is 0 Å². The smallest absolute Gasteiger partial charge is 0.209 e. The molecule has 1 fully saturated rings. The van der Waals surface area contributed by atoms with E-state index in [0.29, 0.717) is 0 Å². The van der Waals surface area contributed by atoms with E-state index in [-0.39, 0.29) is 0 Å². The fourth-order valence-corrected chi connectivity index (χ4v) is 2.27. The summed E-state index contributed by atoms with van der Waals surface area (Å²) in [6.45, 7) is 6.82. The monoisotopic (exact) mass is 292 g/mol. The molecule has 1 N–H and O–H groups in total. The van der Waals surface area contributed by atoms with Crippen LogP contribution in [0.5, 0.6) is 0 Å². The summed E-state index contributed by atoms with van der Waals surface area (Å²) in [4.78, 5) is 25.8. The van der Waals surface area contributed by atoms with Crippen molar-refractivity contribution < 1.29 is 4.79 Å². The van der Waals surface area contributed by atoms with Gasteiger partial charge in [0, 0.05) is 45.3 Å². The van der Waals surface area contributed by atoms with Gasteiger partial charge >= 0.3 is 0 Å². The summed E-state index contributed by atoms with van der Waals surface area (Å²) in [5.41, 5.74) is 0. The summed E-state index contributed by atoms with van der Waals surface area (Å²) in [5.74, 6) is 2.55. The predicted molar refractivity (Wildman–Crippen MR) is 83.7 cm³/mol. The van der Waals surface area contributed by atoms with E-state index in [0.717, 1.165) is 63.1 Å². The van der Waals surface area contributed by atoms with E-state index in [2.05, 4.69) is 25.1 Å². The third-order valence-electron chi connectivity index (χ3n) is 3.48. The second kappa shape index (κ2) is 7.21. The summed E-state index contributed by atoms with van der Waals surface area (Å²) >= 11 is 0. The van der Waals surface area contributed by atoms with E-state index in [4.69, 9.17) is 0 Å². The number of aryl methyl sites for hydroxylation is 1. The molecule has 21 heavy (non-hydrogen) atoms. The number of carbonyl (C=O) groups is 1. The minimum atomic E-state index is 0.746. The molecule has 1 aromatic heterocycles. The Bertz CT molecular complexity index is 471. The zero-order chi connectivity index (χ0) is 15.2. The van der Waals surface area contributed by atoms with Crippen LogP contribution < -0.4 is 10.2 Å². The lowest BCUT2D eigenvalue weighted by Gasteiger charge is -2.33. The molecule has 1 amide bonds. The Balaban J connectivity index is 1.99. The number of nitrogens with one attached hydrogen (secondary N) is 1. The first-order chi connectivity index (χ1) is 10.1. The van der Waals surface area contributed by atoms with Crippen molar-refractivity contribution in [2.45, 2.75) is 6.92 Å². The van der Waals surface area contributed by atoms with E-state index in [9.17, 15) is 4.79 Å². The zero-order valence-corrected chi connectivity index (χ0v) is 13.0. The Morgan fingerprint density at radius 3 is 2.62 bits per heavy atom. The van der Waals surface area contributed by atoms with Crippen molar-refractivity contribution in [2.75, 3.05) is 63.6 Å². The van der Waals surface area contributed by atoms with Gasteiger partial charge in [0.25, 0.3) is 0 Å². The zero-order valence-electron chi connectivity index (χ0n) is 13.0. The number of anilines is 2. The Kier molecular flexibility index (Phi) is 5.32. The van der Waals surface area contributed by atoms with E-state index < -0.39 is 0 Å². The first kappa shape index (κ1) is 15.5. The van der Waals surface area contributed by atoms with Gasteiger partial charge in [0.1, 0.15) is 17.5 Å². The van der Waals surface area contributed by atoms with Gasteiger partial charge in [-0.25, -0.2) is 9.97 Å². The molecule has 7 heteroatoms. The van der Waals surface area contributed by atoms with E-state index in [1.807, 2.05) is 27.1 Å². The predicted octanol–water partition coefficient (Wildman–Crippen LogP) is 0.0369. The first-order valence-corrected chi connectivity index (χ1v) is 7.27. The number of aromatic nitrogens is 2. The normalized spacial score (nSPS) is 15.4. The van der Waals surface area contributed by atoms with Crippen LogP contribution in [0.4, 0.5) is 11.6 Å². The minimum Gasteiger partial charge on any atom is -0.369 e. The van der Waals surface area contributed by atoms with Crippen LogP contribution in [0.3, 0.4) is 0 Å². The number of rotatable bonds is 6. The molecule has 116 valence electrons. The number of amides is 1. The summed E-state index contributed by atoms with van der Waals surface area (Å²) in [6, 6.07) is 1.99. The maximum absolute atomic E-state index is 10.8. The third-order valence-corrected chi connectivity index (χ3v) is 3.48. The number of likely N-dealkylation sites (N-methyl/N-ethyl adjacent to an activating group) is 1. The summed E-state index contributed by atoms with van der Waals surface area (Å²) < 4.78 is 0. The summed E-state index contributed by atoms with van der Waals surface area (Å²) in [6.07, 6.45) is 0.913. The number of hydrogen-bond acceptors (Lipinski definition) is 6. The standard InChI is InChI=1S/C14H24N6O/c1-12-16-13(15-4-5-18(2)3)10-14(17-12)20-8-6-19(11-21)7-9-20/h10-11H,4-9H2,1-3H3,(H,15,16,17). The SMILES string of the molecule is Cc1nc(NCCN(C)C)cc(N2CCN(C=O)CC2)n1. The Labute approximate surface area is 126 Å². The highest BCUT2D eigenvalue weighted by atomic mass is 16.1. The van der Waals surface area contributed by atoms with E-state index in [1.54, 1.807) is 4.90 Å². The molecule has 0 bridgehead atoms. The molecule has 0 aromatic carbocycles. The maximum atomic E-state index is 10.8. The van der Waals surface area contributed by atoms with Gasteiger partial charge < -0.3 is 20.0 Å². The van der Waals surface area contributed by atoms with Gasteiger partial charge in [-0.15, -0.1) is 0 Å². The molecule has 0 radical (unpaired) electrons. The highest BCUT2D eigenvalue weighted by Crippen LogP contribution is 2.17. The van der Waals surface area contributed by atoms with Gasteiger partial charge in [0.2, 0.25) is 6.41 Å². The van der Waals surface area contributed by atoms with Crippen molar-refractivity contribution in [2.24, 2.45) is 0 Å². The molecule has 0 spiro atoms.